The van der Waals surface area contributed by atoms with Gasteiger partial charge in [0.15, 0.2) is 5.69 Å². The molecule has 2 aromatic heterocycles. The average molecular weight is 405 g/mol. The van der Waals surface area contributed by atoms with Crippen molar-refractivity contribution in [1.29, 1.82) is 0 Å². The van der Waals surface area contributed by atoms with Crippen LogP contribution in [0.5, 0.6) is 0 Å². The zero-order valence-corrected chi connectivity index (χ0v) is 16.2. The van der Waals surface area contributed by atoms with E-state index in [-0.39, 0.29) is 5.91 Å². The molecule has 0 aliphatic heterocycles. The van der Waals surface area contributed by atoms with Gasteiger partial charge in [0.05, 0.1) is 18.4 Å². The molecule has 0 spiro atoms. The number of carbonyl (C=O) groups excluding carboxylic acids is 1. The van der Waals surface area contributed by atoms with E-state index in [2.05, 4.69) is 22.5 Å². The van der Waals surface area contributed by atoms with E-state index in [1.807, 2.05) is 0 Å². The first-order valence-electron chi connectivity index (χ1n) is 8.75. The van der Waals surface area contributed by atoms with Crippen molar-refractivity contribution in [3.05, 3.63) is 63.2 Å². The Morgan fingerprint density at radius 1 is 1.37 bits per heavy atom. The second kappa shape index (κ2) is 7.37. The van der Waals surface area contributed by atoms with E-state index in [1.54, 1.807) is 35.3 Å². The minimum absolute atomic E-state index is 0.288. The molecule has 27 heavy (non-hydrogen) atoms. The van der Waals surface area contributed by atoms with Gasteiger partial charge in [-0.15, -0.1) is 0 Å². The zero-order chi connectivity index (χ0) is 19.0. The van der Waals surface area contributed by atoms with Gasteiger partial charge in [0, 0.05) is 33.8 Å². The molecule has 1 amide bonds. The Balaban J connectivity index is 1.48. The summed E-state index contributed by atoms with van der Waals surface area (Å²) in [6.45, 7) is 2.58. The lowest BCUT2D eigenvalue weighted by Gasteiger charge is -2.16. The SMILES string of the molecule is CC1CCc2onc(C(=O)Nc3cnn(Cc4c(Cl)cccc4Cl)c3)c2C1. The summed E-state index contributed by atoms with van der Waals surface area (Å²) >= 11 is 12.4. The second-order valence-electron chi connectivity index (χ2n) is 6.86. The van der Waals surface area contributed by atoms with Gasteiger partial charge in [0.2, 0.25) is 0 Å². The van der Waals surface area contributed by atoms with E-state index in [0.29, 0.717) is 33.9 Å². The van der Waals surface area contributed by atoms with Crippen molar-refractivity contribution in [3.63, 3.8) is 0 Å². The third-order valence-corrected chi connectivity index (χ3v) is 5.48. The average Bonchev–Trinajstić information content (AvgIpc) is 3.24. The number of halogens is 2. The van der Waals surface area contributed by atoms with Crippen LogP contribution in [0.1, 0.15) is 40.7 Å². The van der Waals surface area contributed by atoms with Gasteiger partial charge >= 0.3 is 0 Å². The van der Waals surface area contributed by atoms with E-state index in [4.69, 9.17) is 27.7 Å². The molecule has 1 unspecified atom stereocenters. The second-order valence-corrected chi connectivity index (χ2v) is 7.68. The highest BCUT2D eigenvalue weighted by Crippen LogP contribution is 2.28. The quantitative estimate of drug-likeness (QED) is 0.689. The number of anilines is 1. The Morgan fingerprint density at radius 3 is 2.93 bits per heavy atom. The number of nitrogens with zero attached hydrogens (tertiary/aromatic N) is 3. The van der Waals surface area contributed by atoms with Gasteiger partial charge in [-0.05, 0) is 30.9 Å². The summed E-state index contributed by atoms with van der Waals surface area (Å²) in [5, 5.41) is 12.2. The number of hydrogen-bond acceptors (Lipinski definition) is 4. The molecule has 4 rings (SSSR count). The van der Waals surface area contributed by atoms with Crippen molar-refractivity contribution in [2.75, 3.05) is 5.32 Å². The Hall–Kier alpha value is -2.31. The lowest BCUT2D eigenvalue weighted by atomic mass is 9.88. The molecule has 0 saturated carbocycles. The van der Waals surface area contributed by atoms with Crippen LogP contribution >= 0.6 is 23.2 Å². The van der Waals surface area contributed by atoms with Crippen LogP contribution in [0.15, 0.2) is 35.1 Å². The van der Waals surface area contributed by atoms with E-state index in [1.165, 1.54) is 0 Å². The summed E-state index contributed by atoms with van der Waals surface area (Å²) < 4.78 is 7.01. The Morgan fingerprint density at radius 2 is 2.15 bits per heavy atom. The normalized spacial score (nSPS) is 16.2. The molecule has 1 aliphatic carbocycles. The molecule has 1 N–H and O–H groups in total. The number of nitrogens with one attached hydrogen (secondary N) is 1. The lowest BCUT2D eigenvalue weighted by molar-refractivity contribution is 0.101. The van der Waals surface area contributed by atoms with Crippen LogP contribution in [-0.2, 0) is 19.4 Å². The van der Waals surface area contributed by atoms with E-state index >= 15 is 0 Å². The number of aromatic nitrogens is 3. The monoisotopic (exact) mass is 404 g/mol. The zero-order valence-electron chi connectivity index (χ0n) is 14.7. The molecule has 1 aromatic carbocycles. The number of fused-ring (bicyclic) bond motifs is 1. The molecule has 3 aromatic rings. The maximum absolute atomic E-state index is 12.6. The lowest BCUT2D eigenvalue weighted by Crippen LogP contribution is -2.17. The van der Waals surface area contributed by atoms with Crippen LogP contribution in [-0.4, -0.2) is 20.8 Å². The minimum Gasteiger partial charge on any atom is -0.360 e. The van der Waals surface area contributed by atoms with E-state index < -0.39 is 0 Å². The molecule has 0 fully saturated rings. The third kappa shape index (κ3) is 3.73. The Bertz CT molecular complexity index is 975. The van der Waals surface area contributed by atoms with Gasteiger partial charge in [-0.25, -0.2) is 0 Å². The molecule has 140 valence electrons. The molecule has 8 heteroatoms. The third-order valence-electron chi connectivity index (χ3n) is 4.77. The Labute approximate surface area is 166 Å². The van der Waals surface area contributed by atoms with Gasteiger partial charge in [0.1, 0.15) is 5.76 Å². The summed E-state index contributed by atoms with van der Waals surface area (Å²) in [4.78, 5) is 12.6. The van der Waals surface area contributed by atoms with Crippen LogP contribution in [0, 0.1) is 5.92 Å². The van der Waals surface area contributed by atoms with Crippen molar-refractivity contribution >= 4 is 34.8 Å². The Kier molecular flexibility index (Phi) is 4.93. The fraction of sp³-hybridized carbons (Fsp3) is 0.316. The molecular formula is C19H18Cl2N4O2. The number of carbonyl (C=O) groups is 1. The maximum Gasteiger partial charge on any atom is 0.278 e. The van der Waals surface area contributed by atoms with Gasteiger partial charge < -0.3 is 9.84 Å². The van der Waals surface area contributed by atoms with Crippen molar-refractivity contribution in [2.24, 2.45) is 5.92 Å². The van der Waals surface area contributed by atoms with Gasteiger partial charge in [-0.3, -0.25) is 9.48 Å². The van der Waals surface area contributed by atoms with Crippen LogP contribution in [0.25, 0.3) is 0 Å². The first-order chi connectivity index (χ1) is 13.0. The molecule has 1 atom stereocenters. The van der Waals surface area contributed by atoms with E-state index in [9.17, 15) is 4.79 Å². The van der Waals surface area contributed by atoms with Crippen LogP contribution in [0.2, 0.25) is 10.0 Å². The van der Waals surface area contributed by atoms with Crippen molar-refractivity contribution in [3.8, 4) is 0 Å². The first-order valence-corrected chi connectivity index (χ1v) is 9.51. The standard InChI is InChI=1S/C19H18Cl2N4O2/c1-11-5-6-17-13(7-11)18(24-27-17)19(26)23-12-8-22-25(9-12)10-14-15(20)3-2-4-16(14)21/h2-4,8-9,11H,5-7,10H2,1H3,(H,23,26). The molecule has 0 radical (unpaired) electrons. The van der Waals surface area contributed by atoms with Crippen LogP contribution < -0.4 is 5.32 Å². The molecule has 2 heterocycles. The van der Waals surface area contributed by atoms with E-state index in [0.717, 1.165) is 36.1 Å². The highest BCUT2D eigenvalue weighted by Gasteiger charge is 2.27. The van der Waals surface area contributed by atoms with Crippen molar-refractivity contribution in [2.45, 2.75) is 32.7 Å². The first kappa shape index (κ1) is 18.1. The summed E-state index contributed by atoms with van der Waals surface area (Å²) in [5.41, 5.74) is 2.63. The summed E-state index contributed by atoms with van der Waals surface area (Å²) in [6.07, 6.45) is 6.00. The number of amides is 1. The van der Waals surface area contributed by atoms with Gasteiger partial charge in [-0.2, -0.15) is 5.10 Å². The highest BCUT2D eigenvalue weighted by molar-refractivity contribution is 6.35. The fourth-order valence-electron chi connectivity index (χ4n) is 3.31. The predicted molar refractivity (Wildman–Crippen MR) is 103 cm³/mol. The summed E-state index contributed by atoms with van der Waals surface area (Å²) in [7, 11) is 0. The maximum atomic E-state index is 12.6. The molecule has 0 bridgehead atoms. The van der Waals surface area contributed by atoms with Crippen LogP contribution in [0.3, 0.4) is 0 Å². The predicted octanol–water partition coefficient (Wildman–Crippen LogP) is 4.60. The molecule has 0 saturated heterocycles. The summed E-state index contributed by atoms with van der Waals surface area (Å²) in [5.74, 6) is 1.05. The minimum atomic E-state index is -0.288. The topological polar surface area (TPSA) is 73.0 Å². The highest BCUT2D eigenvalue weighted by atomic mass is 35.5. The summed E-state index contributed by atoms with van der Waals surface area (Å²) in [6, 6.07) is 5.36. The van der Waals surface area contributed by atoms with Gasteiger partial charge in [-0.1, -0.05) is 41.3 Å². The smallest absolute Gasteiger partial charge is 0.278 e. The van der Waals surface area contributed by atoms with Crippen molar-refractivity contribution in [1.82, 2.24) is 14.9 Å². The van der Waals surface area contributed by atoms with Crippen LogP contribution in [0.4, 0.5) is 5.69 Å². The van der Waals surface area contributed by atoms with Gasteiger partial charge in [0.25, 0.3) is 5.91 Å². The number of aryl methyl sites for hydroxylation is 1. The fourth-order valence-corrected chi connectivity index (χ4v) is 3.82. The van der Waals surface area contributed by atoms with Crippen molar-refractivity contribution < 1.29 is 9.32 Å². The molecular weight excluding hydrogens is 387 g/mol. The largest absolute Gasteiger partial charge is 0.360 e. The number of hydrogen-bond donors (Lipinski definition) is 1. The molecule has 6 nitrogen and oxygen atoms in total. The molecule has 1 aliphatic rings. The number of benzene rings is 1. The number of rotatable bonds is 4.